The van der Waals surface area contributed by atoms with E-state index in [0.29, 0.717) is 39.7 Å². The van der Waals surface area contributed by atoms with E-state index < -0.39 is 0 Å². The van der Waals surface area contributed by atoms with E-state index in [1.807, 2.05) is 19.1 Å². The Bertz CT molecular complexity index is 978. The maximum Gasteiger partial charge on any atom is 0.163 e. The van der Waals surface area contributed by atoms with Crippen molar-refractivity contribution in [1.29, 1.82) is 0 Å². The van der Waals surface area contributed by atoms with Crippen molar-refractivity contribution in [3.8, 4) is 17.2 Å². The zero-order valence-corrected chi connectivity index (χ0v) is 18.0. The third kappa shape index (κ3) is 5.86. The molecular formula is C22H20Cl3NO3. The van der Waals surface area contributed by atoms with E-state index in [-0.39, 0.29) is 12.4 Å². The van der Waals surface area contributed by atoms with Gasteiger partial charge in [0.1, 0.15) is 12.4 Å². The first kappa shape index (κ1) is 21.4. The topological polar surface area (TPSA) is 50.7 Å². The molecule has 29 heavy (non-hydrogen) atoms. The fraction of sp³-hybridized carbons (Fsp3) is 0.182. The molecule has 0 saturated heterocycles. The van der Waals surface area contributed by atoms with Gasteiger partial charge in [-0.1, -0.05) is 40.9 Å². The Morgan fingerprint density at radius 3 is 2.21 bits per heavy atom. The van der Waals surface area contributed by atoms with Crippen LogP contribution in [0.25, 0.3) is 0 Å². The summed E-state index contributed by atoms with van der Waals surface area (Å²) in [6, 6.07) is 15.7. The molecule has 0 aliphatic rings. The number of halogens is 3. The highest BCUT2D eigenvalue weighted by atomic mass is 35.5. The van der Waals surface area contributed by atoms with Crippen molar-refractivity contribution in [2.24, 2.45) is 0 Å². The highest BCUT2D eigenvalue weighted by Gasteiger charge is 2.12. The number of phenols is 1. The molecule has 0 amide bonds. The first-order valence-electron chi connectivity index (χ1n) is 9.01. The van der Waals surface area contributed by atoms with Gasteiger partial charge < -0.3 is 19.9 Å². The summed E-state index contributed by atoms with van der Waals surface area (Å²) in [5.41, 5.74) is 2.54. The number of anilines is 1. The van der Waals surface area contributed by atoms with Gasteiger partial charge in [-0.05, 0) is 55.0 Å². The molecule has 3 aromatic rings. The van der Waals surface area contributed by atoms with Crippen molar-refractivity contribution in [2.45, 2.75) is 20.1 Å². The van der Waals surface area contributed by atoms with Crippen LogP contribution in [-0.4, -0.2) is 11.7 Å². The first-order chi connectivity index (χ1) is 14.0. The van der Waals surface area contributed by atoms with E-state index in [2.05, 4.69) is 5.32 Å². The zero-order chi connectivity index (χ0) is 20.8. The summed E-state index contributed by atoms with van der Waals surface area (Å²) in [5.74, 6) is 1.36. The Labute approximate surface area is 184 Å². The fourth-order valence-corrected chi connectivity index (χ4v) is 3.35. The molecule has 0 fully saturated rings. The molecule has 0 heterocycles. The number of ether oxygens (including phenoxy) is 2. The number of hydrogen-bond donors (Lipinski definition) is 2. The summed E-state index contributed by atoms with van der Waals surface area (Å²) in [6.07, 6.45) is 0. The molecule has 7 heteroatoms. The Kier molecular flexibility index (Phi) is 7.37. The van der Waals surface area contributed by atoms with E-state index in [1.165, 1.54) is 0 Å². The van der Waals surface area contributed by atoms with Gasteiger partial charge in [-0.15, -0.1) is 0 Å². The van der Waals surface area contributed by atoms with Gasteiger partial charge in [0.2, 0.25) is 0 Å². The second-order valence-corrected chi connectivity index (χ2v) is 7.50. The summed E-state index contributed by atoms with van der Waals surface area (Å²) in [4.78, 5) is 0. The Morgan fingerprint density at radius 2 is 1.52 bits per heavy atom. The summed E-state index contributed by atoms with van der Waals surface area (Å²) in [7, 11) is 0. The van der Waals surface area contributed by atoms with Gasteiger partial charge in [0.25, 0.3) is 0 Å². The molecule has 2 N–H and O–H groups in total. The molecule has 152 valence electrons. The first-order valence-corrected chi connectivity index (χ1v) is 10.1. The van der Waals surface area contributed by atoms with Gasteiger partial charge in [0.05, 0.1) is 6.61 Å². The summed E-state index contributed by atoms with van der Waals surface area (Å²) in [5, 5.41) is 14.3. The van der Waals surface area contributed by atoms with Gasteiger partial charge >= 0.3 is 0 Å². The lowest BCUT2D eigenvalue weighted by Crippen LogP contribution is -2.04. The van der Waals surface area contributed by atoms with Crippen molar-refractivity contribution < 1.29 is 14.6 Å². The van der Waals surface area contributed by atoms with Crippen molar-refractivity contribution in [2.75, 3.05) is 11.9 Å². The predicted octanol–water partition coefficient (Wildman–Crippen LogP) is 6.94. The van der Waals surface area contributed by atoms with Gasteiger partial charge in [0.15, 0.2) is 11.5 Å². The van der Waals surface area contributed by atoms with Gasteiger partial charge in [0, 0.05) is 38.9 Å². The lowest BCUT2D eigenvalue weighted by Gasteiger charge is -2.16. The van der Waals surface area contributed by atoms with Crippen LogP contribution in [-0.2, 0) is 13.2 Å². The Balaban J connectivity index is 1.75. The van der Waals surface area contributed by atoms with Crippen LogP contribution < -0.4 is 14.8 Å². The molecule has 0 unspecified atom stereocenters. The largest absolute Gasteiger partial charge is 0.508 e. The van der Waals surface area contributed by atoms with Gasteiger partial charge in [-0.25, -0.2) is 0 Å². The number of hydrogen-bond acceptors (Lipinski definition) is 4. The zero-order valence-electron chi connectivity index (χ0n) is 15.7. The van der Waals surface area contributed by atoms with Crippen molar-refractivity contribution in [3.05, 3.63) is 80.8 Å². The predicted molar refractivity (Wildman–Crippen MR) is 119 cm³/mol. The van der Waals surface area contributed by atoms with E-state index in [4.69, 9.17) is 44.3 Å². The average molecular weight is 453 g/mol. The molecule has 4 nitrogen and oxygen atoms in total. The molecule has 0 aliphatic heterocycles. The Hall–Kier alpha value is -2.27. The van der Waals surface area contributed by atoms with Crippen LogP contribution in [0, 0.1) is 0 Å². The molecule has 0 radical (unpaired) electrons. The third-order valence-corrected chi connectivity index (χ3v) is 5.10. The molecule has 0 bridgehead atoms. The molecule has 0 spiro atoms. The SMILES string of the molecule is CCOc1cc(CNc2ccc(O)cc2)c(Cl)cc1OCc1ccc(Cl)cc1Cl. The highest BCUT2D eigenvalue weighted by molar-refractivity contribution is 6.35. The minimum Gasteiger partial charge on any atom is -0.508 e. The summed E-state index contributed by atoms with van der Waals surface area (Å²) >= 11 is 18.6. The number of aromatic hydroxyl groups is 1. The highest BCUT2D eigenvalue weighted by Crippen LogP contribution is 2.35. The summed E-state index contributed by atoms with van der Waals surface area (Å²) in [6.45, 7) is 3.15. The lowest BCUT2D eigenvalue weighted by molar-refractivity contribution is 0.269. The van der Waals surface area contributed by atoms with Crippen LogP contribution in [0.2, 0.25) is 15.1 Å². The maximum atomic E-state index is 9.38. The second kappa shape index (κ2) is 9.97. The Morgan fingerprint density at radius 1 is 0.828 bits per heavy atom. The molecule has 0 saturated carbocycles. The van der Waals surface area contributed by atoms with Crippen LogP contribution in [0.5, 0.6) is 17.2 Å². The lowest BCUT2D eigenvalue weighted by atomic mass is 10.2. The van der Waals surface area contributed by atoms with E-state index in [0.717, 1.165) is 16.8 Å². The monoisotopic (exact) mass is 451 g/mol. The smallest absolute Gasteiger partial charge is 0.163 e. The average Bonchev–Trinajstić information content (AvgIpc) is 2.69. The van der Waals surface area contributed by atoms with E-state index in [9.17, 15) is 5.11 Å². The van der Waals surface area contributed by atoms with E-state index >= 15 is 0 Å². The van der Waals surface area contributed by atoms with Gasteiger partial charge in [-0.2, -0.15) is 0 Å². The molecular weight excluding hydrogens is 433 g/mol. The van der Waals surface area contributed by atoms with Crippen molar-refractivity contribution in [1.82, 2.24) is 0 Å². The van der Waals surface area contributed by atoms with Crippen LogP contribution in [0.15, 0.2) is 54.6 Å². The summed E-state index contributed by atoms with van der Waals surface area (Å²) < 4.78 is 11.7. The molecule has 3 aromatic carbocycles. The fourth-order valence-electron chi connectivity index (χ4n) is 2.66. The quantitative estimate of drug-likeness (QED) is 0.363. The second-order valence-electron chi connectivity index (χ2n) is 6.25. The van der Waals surface area contributed by atoms with Crippen LogP contribution >= 0.6 is 34.8 Å². The standard InChI is InChI=1S/C22H20Cl3NO3/c1-2-28-21-9-15(12-26-17-5-7-18(27)8-6-17)20(25)11-22(21)29-13-14-3-4-16(23)10-19(14)24/h3-11,26-27H,2,12-13H2,1H3. The van der Waals surface area contributed by atoms with E-state index in [1.54, 1.807) is 42.5 Å². The minimum absolute atomic E-state index is 0.217. The number of nitrogens with one attached hydrogen (secondary N) is 1. The van der Waals surface area contributed by atoms with Crippen LogP contribution in [0.4, 0.5) is 5.69 Å². The molecule has 0 atom stereocenters. The van der Waals surface area contributed by atoms with Crippen molar-refractivity contribution in [3.63, 3.8) is 0 Å². The van der Waals surface area contributed by atoms with Gasteiger partial charge in [-0.3, -0.25) is 0 Å². The maximum absolute atomic E-state index is 9.38. The number of rotatable bonds is 8. The number of benzene rings is 3. The number of phenolic OH excluding ortho intramolecular Hbond substituents is 1. The molecule has 3 rings (SSSR count). The molecule has 0 aromatic heterocycles. The third-order valence-electron chi connectivity index (χ3n) is 4.16. The van der Waals surface area contributed by atoms with Crippen LogP contribution in [0.1, 0.15) is 18.1 Å². The minimum atomic E-state index is 0.217. The van der Waals surface area contributed by atoms with Crippen molar-refractivity contribution >= 4 is 40.5 Å². The molecule has 0 aliphatic carbocycles. The van der Waals surface area contributed by atoms with Crippen LogP contribution in [0.3, 0.4) is 0 Å². The normalized spacial score (nSPS) is 10.6.